The van der Waals surface area contributed by atoms with Crippen molar-refractivity contribution in [2.24, 2.45) is 0 Å². The van der Waals surface area contributed by atoms with E-state index in [1.807, 2.05) is 0 Å². The van der Waals surface area contributed by atoms with Gasteiger partial charge in [0.15, 0.2) is 12.3 Å². The predicted octanol–water partition coefficient (Wildman–Crippen LogP) is -2.30. The van der Waals surface area contributed by atoms with E-state index >= 15 is 0 Å². The highest BCUT2D eigenvalue weighted by Gasteiger charge is 2.49. The molecule has 5 atom stereocenters. The number of fused-ring (bicyclic) bond motifs is 1. The van der Waals surface area contributed by atoms with E-state index < -0.39 is 30.6 Å². The number of rotatable bonds is 1. The third-order valence-corrected chi connectivity index (χ3v) is 2.58. The van der Waals surface area contributed by atoms with Gasteiger partial charge in [0.25, 0.3) is 5.17 Å². The van der Waals surface area contributed by atoms with Crippen LogP contribution >= 0.6 is 12.2 Å². The number of hydrogen-bond acceptors (Lipinski definition) is 6. The highest BCUT2D eigenvalue weighted by atomic mass is 32.1. The van der Waals surface area contributed by atoms with Gasteiger partial charge in [-0.3, -0.25) is 0 Å². The van der Waals surface area contributed by atoms with Gasteiger partial charge in [-0.25, -0.2) is 0 Å². The molecule has 2 rings (SSSR count). The van der Waals surface area contributed by atoms with Crippen LogP contribution in [-0.4, -0.2) is 57.7 Å². The molecule has 0 aromatic rings. The standard InChI is InChI=1S/C7H11NO5S/c9-1-2-3(10)4(11)5-6(12-2)8-7(14)13-5/h2-6,9-11H,1H2,(H,8,14)/t2-,3-,4+,5+,6-/m1/s1. The first-order chi connectivity index (χ1) is 6.63. The van der Waals surface area contributed by atoms with Crippen LogP contribution in [0.4, 0.5) is 0 Å². The van der Waals surface area contributed by atoms with Crippen LogP contribution in [-0.2, 0) is 9.47 Å². The third-order valence-electron chi connectivity index (χ3n) is 2.37. The summed E-state index contributed by atoms with van der Waals surface area (Å²) in [7, 11) is 0. The molecule has 14 heavy (non-hydrogen) atoms. The van der Waals surface area contributed by atoms with Gasteiger partial charge in [-0.1, -0.05) is 0 Å². The summed E-state index contributed by atoms with van der Waals surface area (Å²) in [6.45, 7) is -0.365. The lowest BCUT2D eigenvalue weighted by Gasteiger charge is -2.37. The zero-order valence-electron chi connectivity index (χ0n) is 7.16. The van der Waals surface area contributed by atoms with Crippen LogP contribution in [0, 0.1) is 0 Å². The molecule has 0 radical (unpaired) electrons. The van der Waals surface area contributed by atoms with Crippen LogP contribution in [0.5, 0.6) is 0 Å². The van der Waals surface area contributed by atoms with Gasteiger partial charge >= 0.3 is 0 Å². The van der Waals surface area contributed by atoms with Crippen LogP contribution in [0.25, 0.3) is 0 Å². The lowest BCUT2D eigenvalue weighted by atomic mass is 9.99. The molecule has 0 aromatic carbocycles. The first-order valence-electron chi connectivity index (χ1n) is 4.23. The summed E-state index contributed by atoms with van der Waals surface area (Å²) in [5.74, 6) is 0. The van der Waals surface area contributed by atoms with E-state index in [2.05, 4.69) is 5.32 Å². The Morgan fingerprint density at radius 1 is 1.36 bits per heavy atom. The molecule has 0 spiro atoms. The van der Waals surface area contributed by atoms with Crippen molar-refractivity contribution in [2.45, 2.75) is 30.6 Å². The molecule has 0 aliphatic carbocycles. The van der Waals surface area contributed by atoms with Gasteiger partial charge in [-0.15, -0.1) is 0 Å². The molecular formula is C7H11NO5S. The Labute approximate surface area is 85.4 Å². The van der Waals surface area contributed by atoms with Crippen LogP contribution < -0.4 is 5.32 Å². The number of thiocarbonyl (C=S) groups is 1. The van der Waals surface area contributed by atoms with E-state index in [0.29, 0.717) is 0 Å². The van der Waals surface area contributed by atoms with Gasteiger partial charge in [0, 0.05) is 0 Å². The summed E-state index contributed by atoms with van der Waals surface area (Å²) in [5.41, 5.74) is 0. The van der Waals surface area contributed by atoms with Gasteiger partial charge in [0.2, 0.25) is 0 Å². The summed E-state index contributed by atoms with van der Waals surface area (Å²) in [4.78, 5) is 0. The molecule has 2 saturated heterocycles. The fourth-order valence-electron chi connectivity index (χ4n) is 1.61. The monoisotopic (exact) mass is 221 g/mol. The highest BCUT2D eigenvalue weighted by molar-refractivity contribution is 7.80. The molecule has 0 saturated carbocycles. The molecule has 0 amide bonds. The van der Waals surface area contributed by atoms with Gasteiger partial charge < -0.3 is 30.1 Å². The minimum Gasteiger partial charge on any atom is -0.460 e. The summed E-state index contributed by atoms with van der Waals surface area (Å²) in [6.07, 6.45) is -4.40. The molecule has 0 unspecified atom stereocenters. The second-order valence-corrected chi connectivity index (χ2v) is 3.64. The maximum Gasteiger partial charge on any atom is 0.259 e. The second-order valence-electron chi connectivity index (χ2n) is 3.27. The molecule has 4 N–H and O–H groups in total. The Bertz CT molecular complexity index is 250. The minimum absolute atomic E-state index is 0.129. The summed E-state index contributed by atoms with van der Waals surface area (Å²) in [6, 6.07) is 0. The van der Waals surface area contributed by atoms with E-state index in [1.54, 1.807) is 0 Å². The molecule has 0 bridgehead atoms. The molecule has 2 aliphatic heterocycles. The fraction of sp³-hybridized carbons (Fsp3) is 0.857. The fourth-order valence-corrected chi connectivity index (χ4v) is 1.84. The van der Waals surface area contributed by atoms with Gasteiger partial charge in [0.05, 0.1) is 6.61 Å². The lowest BCUT2D eigenvalue weighted by molar-refractivity contribution is -0.214. The van der Waals surface area contributed by atoms with Crippen molar-refractivity contribution >= 4 is 17.4 Å². The van der Waals surface area contributed by atoms with Crippen molar-refractivity contribution in [2.75, 3.05) is 6.61 Å². The number of nitrogens with one attached hydrogen (secondary N) is 1. The SMILES string of the molecule is OC[C@H]1O[C@H]2NC(=S)O[C@H]2[C@@H](O)[C@@H]1O. The Morgan fingerprint density at radius 3 is 2.71 bits per heavy atom. The third kappa shape index (κ3) is 1.47. The summed E-state index contributed by atoms with van der Waals surface area (Å²) >= 11 is 4.73. The second kappa shape index (κ2) is 3.59. The maximum atomic E-state index is 9.60. The number of aliphatic hydroxyl groups is 3. The molecule has 2 heterocycles. The van der Waals surface area contributed by atoms with Crippen LogP contribution in [0.1, 0.15) is 0 Å². The van der Waals surface area contributed by atoms with Crippen LogP contribution in [0.2, 0.25) is 0 Å². The first-order valence-corrected chi connectivity index (χ1v) is 4.64. The van der Waals surface area contributed by atoms with E-state index in [-0.39, 0.29) is 11.8 Å². The Hall–Kier alpha value is -0.470. The van der Waals surface area contributed by atoms with Crippen LogP contribution in [0.15, 0.2) is 0 Å². The topological polar surface area (TPSA) is 91.2 Å². The molecule has 2 aliphatic rings. The number of hydrogen-bond donors (Lipinski definition) is 4. The zero-order valence-corrected chi connectivity index (χ0v) is 7.98. The van der Waals surface area contributed by atoms with Crippen molar-refractivity contribution in [1.29, 1.82) is 0 Å². The van der Waals surface area contributed by atoms with E-state index in [4.69, 9.17) is 26.8 Å². The Kier molecular flexibility index (Phi) is 2.58. The summed E-state index contributed by atoms with van der Waals surface area (Å²) < 4.78 is 10.3. The lowest BCUT2D eigenvalue weighted by Crippen LogP contribution is -2.59. The number of aliphatic hydroxyl groups excluding tert-OH is 3. The normalized spacial score (nSPS) is 46.8. The maximum absolute atomic E-state index is 9.60. The molecule has 7 heteroatoms. The van der Waals surface area contributed by atoms with Crippen molar-refractivity contribution in [3.8, 4) is 0 Å². The Balaban J connectivity index is 2.13. The van der Waals surface area contributed by atoms with Crippen molar-refractivity contribution in [1.82, 2.24) is 5.32 Å². The van der Waals surface area contributed by atoms with Crippen molar-refractivity contribution in [3.63, 3.8) is 0 Å². The van der Waals surface area contributed by atoms with Gasteiger partial charge in [-0.2, -0.15) is 0 Å². The zero-order chi connectivity index (χ0) is 10.3. The molecule has 6 nitrogen and oxygen atoms in total. The number of ether oxygens (including phenoxy) is 2. The first kappa shape index (κ1) is 10.1. The van der Waals surface area contributed by atoms with E-state index in [0.717, 1.165) is 0 Å². The van der Waals surface area contributed by atoms with Crippen molar-refractivity contribution < 1.29 is 24.8 Å². The minimum atomic E-state index is -1.16. The molecular weight excluding hydrogens is 210 g/mol. The van der Waals surface area contributed by atoms with Gasteiger partial charge in [0.1, 0.15) is 18.3 Å². The quantitative estimate of drug-likeness (QED) is 0.370. The smallest absolute Gasteiger partial charge is 0.259 e. The summed E-state index contributed by atoms with van der Waals surface area (Å²) in [5, 5.41) is 30.8. The molecule has 2 fully saturated rings. The Morgan fingerprint density at radius 2 is 2.07 bits per heavy atom. The average Bonchev–Trinajstić information content (AvgIpc) is 2.52. The van der Waals surface area contributed by atoms with Crippen LogP contribution in [0.3, 0.4) is 0 Å². The van der Waals surface area contributed by atoms with Gasteiger partial charge in [-0.05, 0) is 12.2 Å². The van der Waals surface area contributed by atoms with Crippen molar-refractivity contribution in [3.05, 3.63) is 0 Å². The average molecular weight is 221 g/mol. The molecule has 80 valence electrons. The van der Waals surface area contributed by atoms with E-state index in [9.17, 15) is 10.2 Å². The highest BCUT2D eigenvalue weighted by Crippen LogP contribution is 2.25. The molecule has 0 aromatic heterocycles. The predicted molar refractivity (Wildman–Crippen MR) is 48.4 cm³/mol. The largest absolute Gasteiger partial charge is 0.460 e. The van der Waals surface area contributed by atoms with E-state index in [1.165, 1.54) is 0 Å².